The first-order valence-electron chi connectivity index (χ1n) is 8.35. The zero-order valence-corrected chi connectivity index (χ0v) is 14.5. The number of para-hydroxylation sites is 1. The second kappa shape index (κ2) is 7.57. The predicted molar refractivity (Wildman–Crippen MR) is 94.8 cm³/mol. The number of aliphatic hydroxyl groups excluding tert-OH is 1. The van der Waals surface area contributed by atoms with Crippen molar-refractivity contribution < 1.29 is 19.4 Å². The molecule has 1 aliphatic rings. The minimum Gasteiger partial charge on any atom is -0.497 e. The van der Waals surface area contributed by atoms with Gasteiger partial charge in [-0.15, -0.1) is 0 Å². The molecule has 0 radical (unpaired) electrons. The fourth-order valence-corrected chi connectivity index (χ4v) is 3.37. The lowest BCUT2D eigenvalue weighted by molar-refractivity contribution is -0.131. The monoisotopic (exact) mass is 341 g/mol. The summed E-state index contributed by atoms with van der Waals surface area (Å²) in [6, 6.07) is 15.0. The zero-order chi connectivity index (χ0) is 17.8. The van der Waals surface area contributed by atoms with Gasteiger partial charge in [-0.2, -0.15) is 0 Å². The third-order valence-corrected chi connectivity index (χ3v) is 4.61. The van der Waals surface area contributed by atoms with Crippen molar-refractivity contribution in [3.05, 3.63) is 59.7 Å². The number of nitrogens with zero attached hydrogens (tertiary/aromatic N) is 1. The molecule has 1 saturated heterocycles. The first-order valence-corrected chi connectivity index (χ1v) is 8.35. The SMILES string of the molecule is COc1cccc([C@H]2C[C@H](O)CN2C(=O)Cc2ccccc2OC)c1. The average Bonchev–Trinajstić information content (AvgIpc) is 3.04. The van der Waals surface area contributed by atoms with Crippen LogP contribution in [0.5, 0.6) is 11.5 Å². The van der Waals surface area contributed by atoms with Crippen LogP contribution in [0, 0.1) is 0 Å². The number of amides is 1. The quantitative estimate of drug-likeness (QED) is 0.908. The standard InChI is InChI=1S/C20H23NO4/c1-24-17-8-5-7-14(10-17)18-12-16(22)13-21(18)20(23)11-15-6-3-4-9-19(15)25-2/h3-10,16,18,22H,11-13H2,1-2H3/t16-,18+/m0/s1. The van der Waals surface area contributed by atoms with Crippen LogP contribution in [-0.4, -0.2) is 42.8 Å². The Labute approximate surface area is 147 Å². The van der Waals surface area contributed by atoms with E-state index in [1.807, 2.05) is 48.5 Å². The van der Waals surface area contributed by atoms with Gasteiger partial charge in [0.15, 0.2) is 0 Å². The molecule has 2 aromatic rings. The van der Waals surface area contributed by atoms with Crippen molar-refractivity contribution in [1.82, 2.24) is 4.90 Å². The van der Waals surface area contributed by atoms with Crippen molar-refractivity contribution in [1.29, 1.82) is 0 Å². The summed E-state index contributed by atoms with van der Waals surface area (Å²) in [5.74, 6) is 1.43. The summed E-state index contributed by atoms with van der Waals surface area (Å²) in [7, 11) is 3.22. The Morgan fingerprint density at radius 3 is 2.72 bits per heavy atom. The molecule has 0 saturated carbocycles. The summed E-state index contributed by atoms with van der Waals surface area (Å²) in [5, 5.41) is 10.1. The number of rotatable bonds is 5. The fourth-order valence-electron chi connectivity index (χ4n) is 3.37. The molecular weight excluding hydrogens is 318 g/mol. The van der Waals surface area contributed by atoms with Crippen molar-refractivity contribution in [2.75, 3.05) is 20.8 Å². The number of likely N-dealkylation sites (tertiary alicyclic amines) is 1. The van der Waals surface area contributed by atoms with Gasteiger partial charge in [-0.1, -0.05) is 30.3 Å². The average molecular weight is 341 g/mol. The van der Waals surface area contributed by atoms with Gasteiger partial charge in [0.05, 0.1) is 32.8 Å². The number of hydrogen-bond acceptors (Lipinski definition) is 4. The van der Waals surface area contributed by atoms with Gasteiger partial charge in [0.2, 0.25) is 5.91 Å². The molecule has 0 unspecified atom stereocenters. The molecular formula is C20H23NO4. The van der Waals surface area contributed by atoms with Gasteiger partial charge in [-0.05, 0) is 30.2 Å². The number of benzene rings is 2. The maximum absolute atomic E-state index is 12.9. The summed E-state index contributed by atoms with van der Waals surface area (Å²) < 4.78 is 10.6. The highest BCUT2D eigenvalue weighted by Crippen LogP contribution is 2.34. The third-order valence-electron chi connectivity index (χ3n) is 4.61. The number of carbonyl (C=O) groups excluding carboxylic acids is 1. The molecule has 5 nitrogen and oxygen atoms in total. The number of carbonyl (C=O) groups is 1. The summed E-state index contributed by atoms with van der Waals surface area (Å²) in [6.07, 6.45) is 0.264. The molecule has 0 spiro atoms. The molecule has 2 aromatic carbocycles. The summed E-state index contributed by atoms with van der Waals surface area (Å²) in [4.78, 5) is 14.7. The molecule has 1 N–H and O–H groups in total. The van der Waals surface area contributed by atoms with E-state index >= 15 is 0 Å². The maximum Gasteiger partial charge on any atom is 0.227 e. The lowest BCUT2D eigenvalue weighted by Crippen LogP contribution is -2.33. The van der Waals surface area contributed by atoms with Gasteiger partial charge in [0, 0.05) is 12.1 Å². The molecule has 2 atom stereocenters. The van der Waals surface area contributed by atoms with Gasteiger partial charge in [0.25, 0.3) is 0 Å². The highest BCUT2D eigenvalue weighted by atomic mass is 16.5. The Balaban J connectivity index is 1.82. The van der Waals surface area contributed by atoms with Crippen LogP contribution >= 0.6 is 0 Å². The van der Waals surface area contributed by atoms with Gasteiger partial charge < -0.3 is 19.5 Å². The van der Waals surface area contributed by atoms with Crippen molar-refractivity contribution in [3.63, 3.8) is 0 Å². The van der Waals surface area contributed by atoms with Gasteiger partial charge in [0.1, 0.15) is 11.5 Å². The Kier molecular flexibility index (Phi) is 5.24. The second-order valence-corrected chi connectivity index (χ2v) is 6.22. The first kappa shape index (κ1) is 17.3. The van der Waals surface area contributed by atoms with Crippen LogP contribution in [0.1, 0.15) is 23.6 Å². The van der Waals surface area contributed by atoms with E-state index in [-0.39, 0.29) is 18.4 Å². The zero-order valence-electron chi connectivity index (χ0n) is 14.5. The number of hydrogen-bond donors (Lipinski definition) is 1. The number of ether oxygens (including phenoxy) is 2. The smallest absolute Gasteiger partial charge is 0.227 e. The molecule has 1 heterocycles. The summed E-state index contributed by atoms with van der Waals surface area (Å²) in [5.41, 5.74) is 1.82. The van der Waals surface area contributed by atoms with E-state index in [2.05, 4.69) is 0 Å². The van der Waals surface area contributed by atoms with Crippen molar-refractivity contribution in [3.8, 4) is 11.5 Å². The molecule has 3 rings (SSSR count). The topological polar surface area (TPSA) is 59.0 Å². The van der Waals surface area contributed by atoms with Crippen molar-refractivity contribution >= 4 is 5.91 Å². The van der Waals surface area contributed by atoms with Crippen LogP contribution in [0.2, 0.25) is 0 Å². The van der Waals surface area contributed by atoms with E-state index < -0.39 is 6.10 Å². The fraction of sp³-hybridized carbons (Fsp3) is 0.350. The Morgan fingerprint density at radius 2 is 1.96 bits per heavy atom. The largest absolute Gasteiger partial charge is 0.497 e. The number of methoxy groups -OCH3 is 2. The van der Waals surface area contributed by atoms with Crippen LogP contribution in [0.25, 0.3) is 0 Å². The lowest BCUT2D eigenvalue weighted by Gasteiger charge is -2.25. The molecule has 0 bridgehead atoms. The van der Waals surface area contributed by atoms with Gasteiger partial charge in [-0.3, -0.25) is 4.79 Å². The van der Waals surface area contributed by atoms with Crippen molar-refractivity contribution in [2.24, 2.45) is 0 Å². The van der Waals surface area contributed by atoms with Crippen LogP contribution in [0.15, 0.2) is 48.5 Å². The molecule has 0 aromatic heterocycles. The highest BCUT2D eigenvalue weighted by Gasteiger charge is 2.35. The number of β-amino-alcohol motifs (C(OH)–C–C–N with tert-alkyl or cyclic N) is 1. The van der Waals surface area contributed by atoms with E-state index in [4.69, 9.17) is 9.47 Å². The summed E-state index contributed by atoms with van der Waals surface area (Å²) >= 11 is 0. The van der Waals surface area contributed by atoms with Gasteiger partial charge >= 0.3 is 0 Å². The van der Waals surface area contributed by atoms with Crippen LogP contribution in [0.3, 0.4) is 0 Å². The molecule has 25 heavy (non-hydrogen) atoms. The summed E-state index contributed by atoms with van der Waals surface area (Å²) in [6.45, 7) is 0.343. The molecule has 5 heteroatoms. The molecule has 1 amide bonds. The molecule has 1 fully saturated rings. The Bertz CT molecular complexity index is 746. The molecule has 0 aliphatic carbocycles. The highest BCUT2D eigenvalue weighted by molar-refractivity contribution is 5.80. The predicted octanol–water partition coefficient (Wildman–Crippen LogP) is 2.58. The third kappa shape index (κ3) is 3.77. The van der Waals surface area contributed by atoms with E-state index in [0.717, 1.165) is 16.9 Å². The maximum atomic E-state index is 12.9. The van der Waals surface area contributed by atoms with Crippen molar-refractivity contribution in [2.45, 2.75) is 25.0 Å². The van der Waals surface area contributed by atoms with Gasteiger partial charge in [-0.25, -0.2) is 0 Å². The van der Waals surface area contributed by atoms with Crippen LogP contribution in [0.4, 0.5) is 0 Å². The first-order chi connectivity index (χ1) is 12.1. The van der Waals surface area contributed by atoms with E-state index in [0.29, 0.717) is 18.7 Å². The van der Waals surface area contributed by atoms with E-state index in [9.17, 15) is 9.90 Å². The Hall–Kier alpha value is -2.53. The van der Waals surface area contributed by atoms with Crippen LogP contribution < -0.4 is 9.47 Å². The Morgan fingerprint density at radius 1 is 1.16 bits per heavy atom. The number of aliphatic hydroxyl groups is 1. The van der Waals surface area contributed by atoms with Crippen LogP contribution in [-0.2, 0) is 11.2 Å². The second-order valence-electron chi connectivity index (χ2n) is 6.22. The van der Waals surface area contributed by atoms with E-state index in [1.54, 1.807) is 19.1 Å². The normalized spacial score (nSPS) is 19.7. The molecule has 1 aliphatic heterocycles. The minimum absolute atomic E-state index is 0.0196. The minimum atomic E-state index is -0.516. The lowest BCUT2D eigenvalue weighted by atomic mass is 10.0. The van der Waals surface area contributed by atoms with E-state index in [1.165, 1.54) is 0 Å². The molecule has 132 valence electrons.